The molecule has 2 aromatic carbocycles. The molecule has 3 heterocycles. The van der Waals surface area contributed by atoms with E-state index in [9.17, 15) is 27.6 Å². The van der Waals surface area contributed by atoms with Crippen LogP contribution in [0, 0.1) is 11.3 Å². The Morgan fingerprint density at radius 1 is 0.954 bits per heavy atom. The van der Waals surface area contributed by atoms with Crippen molar-refractivity contribution >= 4 is 61.2 Å². The van der Waals surface area contributed by atoms with Crippen LogP contribution in [0.5, 0.6) is 11.5 Å². The van der Waals surface area contributed by atoms with Crippen LogP contribution in [0.15, 0.2) is 77.5 Å². The summed E-state index contributed by atoms with van der Waals surface area (Å²) in [5, 5.41) is 12.6. The molecule has 4 aromatic rings. The van der Waals surface area contributed by atoms with E-state index in [1.807, 2.05) is 32.2 Å². The number of carbonyl (C=O) groups excluding carboxylic acids is 4. The zero-order valence-corrected chi connectivity index (χ0v) is 38.8. The Kier molecular flexibility index (Phi) is 13.1. The molecule has 1 saturated heterocycles. The summed E-state index contributed by atoms with van der Waals surface area (Å²) in [5.41, 5.74) is -0.715. The quantitative estimate of drug-likeness (QED) is 0.0918. The van der Waals surface area contributed by atoms with Crippen LogP contribution in [-0.4, -0.2) is 96.6 Å². The third-order valence-corrected chi connectivity index (χ3v) is 15.0. The van der Waals surface area contributed by atoms with Crippen LogP contribution >= 0.6 is 11.3 Å². The summed E-state index contributed by atoms with van der Waals surface area (Å²) in [4.78, 5) is 67.9. The fourth-order valence-electron chi connectivity index (χ4n) is 9.12. The third-order valence-electron chi connectivity index (χ3n) is 12.9. The number of alkyl carbamates (subject to hydrolysis) is 1. The fraction of sp³-hybridized carbons (Fsp3) is 0.489. The zero-order chi connectivity index (χ0) is 46.1. The number of anilines is 1. The van der Waals surface area contributed by atoms with Crippen LogP contribution in [-0.2, 0) is 29.1 Å². The number of rotatable bonds is 15. The highest BCUT2D eigenvalue weighted by Crippen LogP contribution is 2.45. The number of nitrogens with one attached hydrogen (secondary N) is 4. The van der Waals surface area contributed by atoms with E-state index in [-0.39, 0.29) is 30.4 Å². The zero-order valence-electron chi connectivity index (χ0n) is 37.1. The maximum absolute atomic E-state index is 14.9. The van der Waals surface area contributed by atoms with E-state index >= 15 is 0 Å². The van der Waals surface area contributed by atoms with Gasteiger partial charge in [0.05, 0.1) is 29.8 Å². The second-order valence-corrected chi connectivity index (χ2v) is 21.1. The van der Waals surface area contributed by atoms with Crippen LogP contribution in [0.25, 0.3) is 22.3 Å². The molecule has 18 heteroatoms. The van der Waals surface area contributed by atoms with Gasteiger partial charge in [0.2, 0.25) is 11.8 Å². The van der Waals surface area contributed by atoms with Crippen LogP contribution in [0.2, 0.25) is 0 Å². The van der Waals surface area contributed by atoms with Crippen molar-refractivity contribution in [3.8, 4) is 22.9 Å². The van der Waals surface area contributed by atoms with Gasteiger partial charge in [-0.1, -0.05) is 57.9 Å². The van der Waals surface area contributed by atoms with Gasteiger partial charge in [-0.15, -0.1) is 17.9 Å². The van der Waals surface area contributed by atoms with Gasteiger partial charge in [-0.2, -0.15) is 0 Å². The molecule has 4 N–H and O–H groups in total. The highest BCUT2D eigenvalue weighted by Gasteiger charge is 2.61. The maximum Gasteiger partial charge on any atom is 0.408 e. The summed E-state index contributed by atoms with van der Waals surface area (Å²) in [6, 6.07) is 12.7. The molecule has 2 aromatic heterocycles. The number of methoxy groups -OCH3 is 1. The number of thiazole rings is 1. The number of ether oxygens (including phenoxy) is 3. The molecule has 346 valence electrons. The van der Waals surface area contributed by atoms with E-state index in [0.717, 1.165) is 43.7 Å². The lowest BCUT2D eigenvalue weighted by atomic mass is 9.85. The molecule has 8 rings (SSSR count). The van der Waals surface area contributed by atoms with Crippen molar-refractivity contribution < 1.29 is 41.8 Å². The molecule has 0 radical (unpaired) electrons. The molecule has 4 aliphatic rings. The number of amides is 4. The summed E-state index contributed by atoms with van der Waals surface area (Å²) < 4.78 is 46.8. The first-order chi connectivity index (χ1) is 31.1. The topological polar surface area (TPSA) is 207 Å². The number of likely N-dealkylation sites (tertiary alicyclic amines) is 1. The van der Waals surface area contributed by atoms with Gasteiger partial charge in [0, 0.05) is 41.3 Å². The first kappa shape index (κ1) is 45.8. The van der Waals surface area contributed by atoms with Crippen molar-refractivity contribution in [2.75, 3.05) is 19.0 Å². The molecule has 0 unspecified atom stereocenters. The van der Waals surface area contributed by atoms with Gasteiger partial charge in [0.25, 0.3) is 15.9 Å². The largest absolute Gasteiger partial charge is 0.497 e. The third kappa shape index (κ3) is 10.1. The van der Waals surface area contributed by atoms with Gasteiger partial charge >= 0.3 is 6.09 Å². The molecule has 0 bridgehead atoms. The second-order valence-electron chi connectivity index (χ2n) is 18.5. The van der Waals surface area contributed by atoms with Gasteiger partial charge in [0.1, 0.15) is 47.0 Å². The Labute approximate surface area is 383 Å². The lowest BCUT2D eigenvalue weighted by molar-refractivity contribution is -0.143. The molecule has 5 atom stereocenters. The average molecular weight is 928 g/mol. The lowest BCUT2D eigenvalue weighted by Crippen LogP contribution is -2.60. The molecular formula is C47H57N7O9S2. The van der Waals surface area contributed by atoms with E-state index in [0.29, 0.717) is 39.8 Å². The first-order valence-corrected chi connectivity index (χ1v) is 24.7. The van der Waals surface area contributed by atoms with Gasteiger partial charge in [-0.3, -0.25) is 14.4 Å². The normalized spacial score (nSPS) is 22.8. The summed E-state index contributed by atoms with van der Waals surface area (Å²) in [7, 11) is -2.73. The van der Waals surface area contributed by atoms with E-state index in [2.05, 4.69) is 27.3 Å². The Hall–Kier alpha value is -5.75. The molecule has 4 amide bonds. The van der Waals surface area contributed by atoms with Crippen LogP contribution in [0.1, 0.15) is 85.0 Å². The predicted octanol–water partition coefficient (Wildman–Crippen LogP) is 6.72. The molecule has 1 aliphatic heterocycles. The number of aromatic nitrogens is 2. The van der Waals surface area contributed by atoms with Gasteiger partial charge in [-0.25, -0.2) is 27.9 Å². The van der Waals surface area contributed by atoms with Crippen molar-refractivity contribution in [1.29, 1.82) is 0 Å². The number of nitrogens with zero attached hydrogens (tertiary/aromatic N) is 3. The smallest absolute Gasteiger partial charge is 0.408 e. The van der Waals surface area contributed by atoms with E-state index < -0.39 is 68.9 Å². The Morgan fingerprint density at radius 3 is 2.35 bits per heavy atom. The number of fused-ring (bicyclic) bond motifs is 1. The van der Waals surface area contributed by atoms with Crippen LogP contribution < -0.4 is 30.1 Å². The molecule has 4 fully saturated rings. The Morgan fingerprint density at radius 2 is 1.68 bits per heavy atom. The minimum absolute atomic E-state index is 0.0127. The van der Waals surface area contributed by atoms with Crippen LogP contribution in [0.4, 0.5) is 9.93 Å². The fourth-order valence-corrected chi connectivity index (χ4v) is 11.0. The standard InChI is InChI=1S/C47H57N7O9S2/c1-6-28-25-47(28,43(57)53-65(59,60)33-18-8-7-9-19-33)52-41(55)38-23-32(26-54(38)42(56)40(46(2,3)4)51-45(58)63-30-16-12-13-17-30)62-39-24-36(49-35-22-31(61-5)20-21-34(35)39)37-27-64-44(50-37)48-29-14-10-11-15-29/h6-9,18-22,24,27-30,32,38,40H,1,10-17,23,25-26H2,2-5H3,(H,48,50)(H,51,58)(H,52,55)(H,53,57)/t28-,32-,38+,40-,47-/m1/s1. The van der Waals surface area contributed by atoms with Gasteiger partial charge < -0.3 is 35.1 Å². The number of hydrogen-bond acceptors (Lipinski definition) is 13. The molecular weight excluding hydrogens is 871 g/mol. The lowest BCUT2D eigenvalue weighted by Gasteiger charge is -2.35. The van der Waals surface area contributed by atoms with Crippen molar-refractivity contribution in [3.63, 3.8) is 0 Å². The number of benzene rings is 2. The van der Waals surface area contributed by atoms with Crippen molar-refractivity contribution in [3.05, 3.63) is 72.6 Å². The highest BCUT2D eigenvalue weighted by atomic mass is 32.2. The summed E-state index contributed by atoms with van der Waals surface area (Å²) in [6.45, 7) is 9.18. The average Bonchev–Trinajstić information content (AvgIpc) is 3.93. The first-order valence-electron chi connectivity index (χ1n) is 22.3. The second kappa shape index (κ2) is 18.6. The van der Waals surface area contributed by atoms with Crippen molar-refractivity contribution in [1.82, 2.24) is 30.2 Å². The minimum Gasteiger partial charge on any atom is -0.497 e. The Balaban J connectivity index is 1.10. The number of pyridine rings is 1. The molecule has 3 aliphatic carbocycles. The SMILES string of the molecule is C=C[C@@H]1C[C@]1(NC(=O)[C@@H]1C[C@@H](Oc2cc(-c3csc(NC4CCCC4)n3)nc3cc(OC)ccc23)CN1C(=O)[C@@H](NC(=O)OC1CCCC1)C(C)(C)C)C(=O)NS(=O)(=O)c1ccccc1. The summed E-state index contributed by atoms with van der Waals surface area (Å²) in [5.74, 6) is -1.75. The van der Waals surface area contributed by atoms with E-state index in [1.165, 1.54) is 59.4 Å². The van der Waals surface area contributed by atoms with E-state index in [4.69, 9.17) is 24.2 Å². The molecule has 16 nitrogen and oxygen atoms in total. The van der Waals surface area contributed by atoms with E-state index in [1.54, 1.807) is 31.4 Å². The summed E-state index contributed by atoms with van der Waals surface area (Å²) >= 11 is 1.50. The predicted molar refractivity (Wildman–Crippen MR) is 246 cm³/mol. The number of carbonyl (C=O) groups is 4. The summed E-state index contributed by atoms with van der Waals surface area (Å²) in [6.07, 6.45) is 7.73. The monoisotopic (exact) mass is 927 g/mol. The number of sulfonamides is 1. The minimum atomic E-state index is -4.30. The molecule has 0 spiro atoms. The highest BCUT2D eigenvalue weighted by molar-refractivity contribution is 7.90. The van der Waals surface area contributed by atoms with Crippen molar-refractivity contribution in [2.45, 2.75) is 126 Å². The molecule has 3 saturated carbocycles. The van der Waals surface area contributed by atoms with Gasteiger partial charge in [-0.05, 0) is 74.6 Å². The Bertz CT molecular complexity index is 2550. The van der Waals surface area contributed by atoms with Crippen molar-refractivity contribution in [2.24, 2.45) is 11.3 Å². The number of hydrogen-bond donors (Lipinski definition) is 4. The van der Waals surface area contributed by atoms with Gasteiger partial charge in [0.15, 0.2) is 5.13 Å². The van der Waals surface area contributed by atoms with Crippen LogP contribution in [0.3, 0.4) is 0 Å². The maximum atomic E-state index is 14.9. The molecule has 65 heavy (non-hydrogen) atoms.